The summed E-state index contributed by atoms with van der Waals surface area (Å²) < 4.78 is 2.00. The standard InChI is InChI=1S/C13H24N4/c1-4-17-10-12(8-15-17)11(2)16(3)13-6-5-7-14-9-13/h8,10-11,13-14H,4-7,9H2,1-3H3. The van der Waals surface area contributed by atoms with Crippen molar-refractivity contribution < 1.29 is 0 Å². The Kier molecular flexibility index (Phi) is 4.18. The predicted octanol–water partition coefficient (Wildman–Crippen LogP) is 1.65. The Morgan fingerprint density at radius 1 is 1.65 bits per heavy atom. The number of aryl methyl sites for hydroxylation is 1. The zero-order valence-electron chi connectivity index (χ0n) is 11.2. The van der Waals surface area contributed by atoms with Crippen molar-refractivity contribution >= 4 is 0 Å². The van der Waals surface area contributed by atoms with Gasteiger partial charge in [-0.15, -0.1) is 0 Å². The molecule has 0 radical (unpaired) electrons. The minimum Gasteiger partial charge on any atom is -0.315 e. The van der Waals surface area contributed by atoms with Crippen LogP contribution >= 0.6 is 0 Å². The van der Waals surface area contributed by atoms with Crippen LogP contribution in [0, 0.1) is 0 Å². The second kappa shape index (κ2) is 5.65. The van der Waals surface area contributed by atoms with Crippen LogP contribution in [0.15, 0.2) is 12.4 Å². The van der Waals surface area contributed by atoms with E-state index in [1.165, 1.54) is 24.9 Å². The quantitative estimate of drug-likeness (QED) is 0.863. The Morgan fingerprint density at radius 3 is 3.06 bits per heavy atom. The third-order valence-corrected chi connectivity index (χ3v) is 3.92. The molecule has 0 spiro atoms. The summed E-state index contributed by atoms with van der Waals surface area (Å²) in [6.07, 6.45) is 6.75. The molecular formula is C13H24N4. The van der Waals surface area contributed by atoms with Gasteiger partial charge in [0.2, 0.25) is 0 Å². The van der Waals surface area contributed by atoms with Gasteiger partial charge in [-0.25, -0.2) is 0 Å². The summed E-state index contributed by atoms with van der Waals surface area (Å²) in [7, 11) is 2.23. The first kappa shape index (κ1) is 12.6. The molecule has 1 saturated heterocycles. The topological polar surface area (TPSA) is 33.1 Å². The van der Waals surface area contributed by atoms with Crippen LogP contribution in [0.4, 0.5) is 0 Å². The van der Waals surface area contributed by atoms with Crippen molar-refractivity contribution in [3.63, 3.8) is 0 Å². The highest BCUT2D eigenvalue weighted by molar-refractivity contribution is 5.10. The van der Waals surface area contributed by atoms with Gasteiger partial charge in [0.15, 0.2) is 0 Å². The average molecular weight is 236 g/mol. The SMILES string of the molecule is CCn1cc(C(C)N(C)C2CCCNC2)cn1. The molecule has 17 heavy (non-hydrogen) atoms. The van der Waals surface area contributed by atoms with E-state index in [1.807, 2.05) is 10.9 Å². The minimum atomic E-state index is 0.445. The number of likely N-dealkylation sites (N-methyl/N-ethyl adjacent to an activating group) is 1. The zero-order valence-corrected chi connectivity index (χ0v) is 11.2. The zero-order chi connectivity index (χ0) is 12.3. The van der Waals surface area contributed by atoms with Crippen molar-refractivity contribution in [2.24, 2.45) is 0 Å². The van der Waals surface area contributed by atoms with Gasteiger partial charge in [-0.2, -0.15) is 5.10 Å². The van der Waals surface area contributed by atoms with E-state index < -0.39 is 0 Å². The molecule has 1 aliphatic rings. The molecule has 1 N–H and O–H groups in total. The van der Waals surface area contributed by atoms with E-state index in [0.717, 1.165) is 13.1 Å². The summed E-state index contributed by atoms with van der Waals surface area (Å²) in [4.78, 5) is 2.48. The monoisotopic (exact) mass is 236 g/mol. The van der Waals surface area contributed by atoms with Crippen molar-refractivity contribution in [1.82, 2.24) is 20.0 Å². The molecule has 2 unspecified atom stereocenters. The lowest BCUT2D eigenvalue weighted by Gasteiger charge is -2.35. The fourth-order valence-electron chi connectivity index (χ4n) is 2.50. The molecule has 1 aromatic rings. The van der Waals surface area contributed by atoms with E-state index in [9.17, 15) is 0 Å². The maximum absolute atomic E-state index is 4.36. The Hall–Kier alpha value is -0.870. The Morgan fingerprint density at radius 2 is 2.47 bits per heavy atom. The Bertz CT molecular complexity index is 341. The lowest BCUT2D eigenvalue weighted by Crippen LogP contribution is -2.44. The Balaban J connectivity index is 2.00. The van der Waals surface area contributed by atoms with Crippen LogP contribution < -0.4 is 5.32 Å². The van der Waals surface area contributed by atoms with Crippen LogP contribution in [-0.4, -0.2) is 40.9 Å². The average Bonchev–Trinajstić information content (AvgIpc) is 2.87. The van der Waals surface area contributed by atoms with Crippen LogP contribution in [0.25, 0.3) is 0 Å². The molecule has 0 aromatic carbocycles. The van der Waals surface area contributed by atoms with Gasteiger partial charge in [-0.3, -0.25) is 9.58 Å². The lowest BCUT2D eigenvalue weighted by atomic mass is 10.0. The van der Waals surface area contributed by atoms with E-state index in [1.54, 1.807) is 0 Å². The largest absolute Gasteiger partial charge is 0.315 e. The number of rotatable bonds is 4. The molecule has 2 atom stereocenters. The lowest BCUT2D eigenvalue weighted by molar-refractivity contribution is 0.156. The van der Waals surface area contributed by atoms with Crippen LogP contribution in [0.5, 0.6) is 0 Å². The molecule has 0 bridgehead atoms. The van der Waals surface area contributed by atoms with Crippen molar-refractivity contribution in [3.05, 3.63) is 18.0 Å². The van der Waals surface area contributed by atoms with E-state index in [4.69, 9.17) is 0 Å². The summed E-state index contributed by atoms with van der Waals surface area (Å²) in [5, 5.41) is 7.83. The number of hydrogen-bond donors (Lipinski definition) is 1. The summed E-state index contributed by atoms with van der Waals surface area (Å²) in [6, 6.07) is 1.10. The Labute approximate surface area is 104 Å². The van der Waals surface area contributed by atoms with Gasteiger partial charge in [0, 0.05) is 36.9 Å². The van der Waals surface area contributed by atoms with Gasteiger partial charge >= 0.3 is 0 Å². The highest BCUT2D eigenvalue weighted by atomic mass is 15.3. The van der Waals surface area contributed by atoms with Crippen molar-refractivity contribution in [2.75, 3.05) is 20.1 Å². The normalized spacial score (nSPS) is 22.9. The first-order chi connectivity index (χ1) is 8.22. The van der Waals surface area contributed by atoms with Gasteiger partial charge < -0.3 is 5.32 Å². The fourth-order valence-corrected chi connectivity index (χ4v) is 2.50. The van der Waals surface area contributed by atoms with Crippen LogP contribution in [0.1, 0.15) is 38.3 Å². The second-order valence-electron chi connectivity index (χ2n) is 4.97. The molecule has 0 amide bonds. The molecule has 1 aromatic heterocycles. The number of aromatic nitrogens is 2. The van der Waals surface area contributed by atoms with Crippen molar-refractivity contribution in [1.29, 1.82) is 0 Å². The number of hydrogen-bond acceptors (Lipinski definition) is 3. The van der Waals surface area contributed by atoms with Crippen molar-refractivity contribution in [2.45, 2.75) is 45.3 Å². The first-order valence-corrected chi connectivity index (χ1v) is 6.67. The first-order valence-electron chi connectivity index (χ1n) is 6.67. The van der Waals surface area contributed by atoms with E-state index in [2.05, 4.69) is 42.4 Å². The molecule has 96 valence electrons. The number of nitrogens with one attached hydrogen (secondary N) is 1. The van der Waals surface area contributed by atoms with Gasteiger partial charge in [0.05, 0.1) is 6.20 Å². The number of piperidine rings is 1. The molecular weight excluding hydrogens is 212 g/mol. The minimum absolute atomic E-state index is 0.445. The van der Waals surface area contributed by atoms with Crippen LogP contribution in [-0.2, 0) is 6.54 Å². The highest BCUT2D eigenvalue weighted by Gasteiger charge is 2.23. The molecule has 4 heteroatoms. The number of nitrogens with zero attached hydrogens (tertiary/aromatic N) is 3. The molecule has 0 saturated carbocycles. The van der Waals surface area contributed by atoms with E-state index in [0.29, 0.717) is 12.1 Å². The molecule has 0 aliphatic carbocycles. The highest BCUT2D eigenvalue weighted by Crippen LogP contribution is 2.22. The second-order valence-corrected chi connectivity index (χ2v) is 4.97. The van der Waals surface area contributed by atoms with Crippen LogP contribution in [0.3, 0.4) is 0 Å². The van der Waals surface area contributed by atoms with Crippen LogP contribution in [0.2, 0.25) is 0 Å². The molecule has 4 nitrogen and oxygen atoms in total. The third kappa shape index (κ3) is 2.87. The molecule has 2 rings (SSSR count). The van der Waals surface area contributed by atoms with Gasteiger partial charge in [0.1, 0.15) is 0 Å². The summed E-state index contributed by atoms with van der Waals surface area (Å²) in [5.74, 6) is 0. The smallest absolute Gasteiger partial charge is 0.0537 e. The van der Waals surface area contributed by atoms with Gasteiger partial charge in [-0.1, -0.05) is 0 Å². The van der Waals surface area contributed by atoms with E-state index >= 15 is 0 Å². The van der Waals surface area contributed by atoms with Gasteiger partial charge in [-0.05, 0) is 40.3 Å². The fraction of sp³-hybridized carbons (Fsp3) is 0.769. The van der Waals surface area contributed by atoms with E-state index in [-0.39, 0.29) is 0 Å². The predicted molar refractivity (Wildman–Crippen MR) is 70.0 cm³/mol. The molecule has 1 aliphatic heterocycles. The third-order valence-electron chi connectivity index (χ3n) is 3.92. The van der Waals surface area contributed by atoms with Crippen molar-refractivity contribution in [3.8, 4) is 0 Å². The summed E-state index contributed by atoms with van der Waals surface area (Å²) in [6.45, 7) is 7.62. The molecule has 1 fully saturated rings. The summed E-state index contributed by atoms with van der Waals surface area (Å²) in [5.41, 5.74) is 1.32. The summed E-state index contributed by atoms with van der Waals surface area (Å²) >= 11 is 0. The maximum Gasteiger partial charge on any atom is 0.0537 e. The maximum atomic E-state index is 4.36. The molecule has 2 heterocycles. The van der Waals surface area contributed by atoms with Gasteiger partial charge in [0.25, 0.3) is 0 Å².